The average molecular weight is 349 g/mol. The summed E-state index contributed by atoms with van der Waals surface area (Å²) in [5, 5.41) is 2.59. The van der Waals surface area contributed by atoms with Crippen molar-refractivity contribution in [2.75, 3.05) is 7.05 Å². The number of fused-ring (bicyclic) bond motifs is 1. The molecule has 0 saturated carbocycles. The number of nitrogens with zero attached hydrogens (tertiary/aromatic N) is 3. The monoisotopic (exact) mass is 349 g/mol. The number of amides is 1. The smallest absolute Gasteiger partial charge is 0.330 e. The van der Waals surface area contributed by atoms with Gasteiger partial charge in [0.25, 0.3) is 5.56 Å². The zero-order chi connectivity index (χ0) is 18.6. The summed E-state index contributed by atoms with van der Waals surface area (Å²) in [6.45, 7) is 7.26. The van der Waals surface area contributed by atoms with E-state index in [4.69, 9.17) is 0 Å². The number of H-pyrrole nitrogens is 1. The molecule has 2 aromatic heterocycles. The summed E-state index contributed by atoms with van der Waals surface area (Å²) in [6, 6.07) is 0. The van der Waals surface area contributed by atoms with E-state index in [-0.39, 0.29) is 12.3 Å². The van der Waals surface area contributed by atoms with Gasteiger partial charge in [-0.2, -0.15) is 0 Å². The topological polar surface area (TPSA) is 102 Å². The van der Waals surface area contributed by atoms with Crippen molar-refractivity contribution >= 4 is 17.1 Å². The first-order valence-corrected chi connectivity index (χ1v) is 8.81. The highest BCUT2D eigenvalue weighted by Crippen LogP contribution is 2.16. The predicted octanol–water partition coefficient (Wildman–Crippen LogP) is 1.02. The largest absolute Gasteiger partial charge is 0.359 e. The molecule has 0 radical (unpaired) electrons. The molecule has 0 aliphatic carbocycles. The minimum atomic E-state index is -0.432. The number of unbranched alkanes of at least 4 members (excludes halogenated alkanes) is 1. The van der Waals surface area contributed by atoms with Gasteiger partial charge in [-0.15, -0.1) is 0 Å². The molecule has 0 unspecified atom stereocenters. The molecule has 138 valence electrons. The van der Waals surface area contributed by atoms with Crippen LogP contribution in [-0.2, 0) is 24.3 Å². The zero-order valence-corrected chi connectivity index (χ0v) is 15.4. The molecule has 1 amide bonds. The van der Waals surface area contributed by atoms with Crippen LogP contribution in [-0.4, -0.2) is 32.1 Å². The second-order valence-corrected chi connectivity index (χ2v) is 6.64. The van der Waals surface area contributed by atoms with Crippen LogP contribution in [0.25, 0.3) is 11.2 Å². The lowest BCUT2D eigenvalue weighted by atomic mass is 10.2. The Labute approximate surface area is 146 Å². The van der Waals surface area contributed by atoms with Crippen molar-refractivity contribution in [2.45, 2.75) is 59.5 Å². The fourth-order valence-electron chi connectivity index (χ4n) is 2.84. The van der Waals surface area contributed by atoms with Crippen molar-refractivity contribution in [2.24, 2.45) is 5.92 Å². The Morgan fingerprint density at radius 3 is 2.60 bits per heavy atom. The summed E-state index contributed by atoms with van der Waals surface area (Å²) >= 11 is 0. The SMILES string of the molecule is CCCCn1c(=O)[nH]c(=O)c2c1nc(CCC(=O)NC)n2CC(C)C. The van der Waals surface area contributed by atoms with Crippen LogP contribution in [0.5, 0.6) is 0 Å². The number of aromatic amines is 1. The number of nitrogens with one attached hydrogen (secondary N) is 2. The molecule has 0 fully saturated rings. The van der Waals surface area contributed by atoms with E-state index in [1.54, 1.807) is 7.05 Å². The fraction of sp³-hybridized carbons (Fsp3) is 0.647. The second-order valence-electron chi connectivity index (χ2n) is 6.64. The van der Waals surface area contributed by atoms with E-state index in [0.29, 0.717) is 42.4 Å². The van der Waals surface area contributed by atoms with Crippen molar-refractivity contribution in [3.05, 3.63) is 26.7 Å². The maximum atomic E-state index is 12.4. The number of aromatic nitrogens is 4. The van der Waals surface area contributed by atoms with Gasteiger partial charge in [0.1, 0.15) is 5.82 Å². The molecular formula is C17H27N5O3. The van der Waals surface area contributed by atoms with E-state index >= 15 is 0 Å². The minimum absolute atomic E-state index is 0.0829. The van der Waals surface area contributed by atoms with Crippen molar-refractivity contribution in [3.63, 3.8) is 0 Å². The summed E-state index contributed by atoms with van der Waals surface area (Å²) < 4.78 is 3.38. The number of carbonyl (C=O) groups excluding carboxylic acids is 1. The van der Waals surface area contributed by atoms with Gasteiger partial charge in [-0.25, -0.2) is 9.78 Å². The summed E-state index contributed by atoms with van der Waals surface area (Å²) in [7, 11) is 1.59. The van der Waals surface area contributed by atoms with Gasteiger partial charge in [0.05, 0.1) is 0 Å². The van der Waals surface area contributed by atoms with Gasteiger partial charge in [0.15, 0.2) is 11.2 Å². The van der Waals surface area contributed by atoms with Crippen LogP contribution in [0.15, 0.2) is 9.59 Å². The van der Waals surface area contributed by atoms with Crippen molar-refractivity contribution < 1.29 is 4.79 Å². The molecule has 8 nitrogen and oxygen atoms in total. The molecule has 0 aliphatic rings. The van der Waals surface area contributed by atoms with E-state index in [2.05, 4.69) is 29.1 Å². The quantitative estimate of drug-likeness (QED) is 0.743. The number of carbonyl (C=O) groups is 1. The maximum absolute atomic E-state index is 12.4. The van der Waals surface area contributed by atoms with Gasteiger partial charge < -0.3 is 9.88 Å². The summed E-state index contributed by atoms with van der Waals surface area (Å²) in [5.74, 6) is 0.876. The van der Waals surface area contributed by atoms with Gasteiger partial charge in [0.2, 0.25) is 5.91 Å². The number of hydrogen-bond donors (Lipinski definition) is 2. The number of imidazole rings is 1. The summed E-state index contributed by atoms with van der Waals surface area (Å²) in [6.07, 6.45) is 2.46. The Morgan fingerprint density at radius 1 is 1.28 bits per heavy atom. The van der Waals surface area contributed by atoms with Crippen LogP contribution >= 0.6 is 0 Å². The molecule has 2 aromatic rings. The lowest BCUT2D eigenvalue weighted by molar-refractivity contribution is -0.120. The first-order chi connectivity index (χ1) is 11.9. The third-order valence-electron chi connectivity index (χ3n) is 4.10. The highest BCUT2D eigenvalue weighted by molar-refractivity contribution is 5.76. The van der Waals surface area contributed by atoms with E-state index in [0.717, 1.165) is 12.8 Å². The van der Waals surface area contributed by atoms with E-state index in [1.165, 1.54) is 4.57 Å². The average Bonchev–Trinajstić information content (AvgIpc) is 2.90. The summed E-state index contributed by atoms with van der Waals surface area (Å²) in [5.41, 5.74) is -0.0313. The summed E-state index contributed by atoms with van der Waals surface area (Å²) in [4.78, 5) is 43.2. The van der Waals surface area contributed by atoms with Crippen LogP contribution in [0.2, 0.25) is 0 Å². The molecule has 2 heterocycles. The Kier molecular flexibility index (Phi) is 6.17. The van der Waals surface area contributed by atoms with Gasteiger partial charge in [-0.05, 0) is 12.3 Å². The zero-order valence-electron chi connectivity index (χ0n) is 15.4. The van der Waals surface area contributed by atoms with E-state index < -0.39 is 11.2 Å². The number of hydrogen-bond acceptors (Lipinski definition) is 4. The van der Waals surface area contributed by atoms with Crippen LogP contribution in [0.3, 0.4) is 0 Å². The van der Waals surface area contributed by atoms with Crippen molar-refractivity contribution in [1.29, 1.82) is 0 Å². The molecule has 2 rings (SSSR count). The Bertz CT molecular complexity index is 860. The minimum Gasteiger partial charge on any atom is -0.359 e. The van der Waals surface area contributed by atoms with Gasteiger partial charge in [-0.3, -0.25) is 19.1 Å². The molecule has 0 atom stereocenters. The van der Waals surface area contributed by atoms with Crippen LogP contribution in [0.4, 0.5) is 0 Å². The van der Waals surface area contributed by atoms with Crippen LogP contribution in [0, 0.1) is 5.92 Å². The first-order valence-electron chi connectivity index (χ1n) is 8.81. The Balaban J connectivity index is 2.62. The predicted molar refractivity (Wildman–Crippen MR) is 96.7 cm³/mol. The van der Waals surface area contributed by atoms with Gasteiger partial charge in [0, 0.05) is 33.0 Å². The van der Waals surface area contributed by atoms with Crippen LogP contribution < -0.4 is 16.6 Å². The van der Waals surface area contributed by atoms with Crippen molar-refractivity contribution in [3.8, 4) is 0 Å². The van der Waals surface area contributed by atoms with Gasteiger partial charge >= 0.3 is 5.69 Å². The maximum Gasteiger partial charge on any atom is 0.330 e. The normalized spacial score (nSPS) is 11.4. The highest BCUT2D eigenvalue weighted by Gasteiger charge is 2.19. The third-order valence-corrected chi connectivity index (χ3v) is 4.10. The Morgan fingerprint density at radius 2 is 2.00 bits per heavy atom. The third kappa shape index (κ3) is 4.18. The molecule has 2 N–H and O–H groups in total. The molecule has 0 spiro atoms. The molecule has 25 heavy (non-hydrogen) atoms. The molecule has 0 aliphatic heterocycles. The lowest BCUT2D eigenvalue weighted by Crippen LogP contribution is -2.31. The van der Waals surface area contributed by atoms with Crippen molar-refractivity contribution in [1.82, 2.24) is 24.4 Å². The van der Waals surface area contributed by atoms with E-state index in [1.807, 2.05) is 11.5 Å². The van der Waals surface area contributed by atoms with E-state index in [9.17, 15) is 14.4 Å². The standard InChI is InChI=1S/C17H27N5O3/c1-5-6-9-21-15-14(16(24)20-17(21)25)22(10-11(2)3)12(19-15)7-8-13(23)18-4/h11H,5-10H2,1-4H3,(H,18,23)(H,20,24,25). The van der Waals surface area contributed by atoms with Gasteiger partial charge in [-0.1, -0.05) is 27.2 Å². The highest BCUT2D eigenvalue weighted by atomic mass is 16.2. The molecule has 8 heteroatoms. The number of rotatable bonds is 8. The molecular weight excluding hydrogens is 322 g/mol. The van der Waals surface area contributed by atoms with Crippen LogP contribution in [0.1, 0.15) is 45.9 Å². The number of aryl methyl sites for hydroxylation is 2. The Hall–Kier alpha value is -2.38. The molecule has 0 bridgehead atoms. The lowest BCUT2D eigenvalue weighted by Gasteiger charge is -2.11. The molecule has 0 saturated heterocycles. The first kappa shape index (κ1) is 19.0. The second kappa shape index (κ2) is 8.13. The fourth-order valence-corrected chi connectivity index (χ4v) is 2.84. The molecule has 0 aromatic carbocycles.